The maximum atomic E-state index is 9.27. The van der Waals surface area contributed by atoms with Gasteiger partial charge in [-0.15, -0.1) is 0 Å². The Bertz CT molecular complexity index is 215. The predicted octanol–water partition coefficient (Wildman–Crippen LogP) is 0.489. The smallest absolute Gasteiger partial charge is 0.221 e. The van der Waals surface area contributed by atoms with E-state index < -0.39 is 12.3 Å². The molecule has 1 aliphatic heterocycles. The summed E-state index contributed by atoms with van der Waals surface area (Å²) in [5, 5.41) is 18.5. The fourth-order valence-electron chi connectivity index (χ4n) is 0.961. The van der Waals surface area contributed by atoms with Crippen LogP contribution >= 0.6 is 0 Å². The van der Waals surface area contributed by atoms with Gasteiger partial charge in [0.1, 0.15) is 6.34 Å². The van der Waals surface area contributed by atoms with Crippen molar-refractivity contribution < 1.29 is 14.9 Å². The molecule has 0 fully saturated rings. The second-order valence-electron chi connectivity index (χ2n) is 2.81. The maximum Gasteiger partial charge on any atom is 0.221 e. The van der Waals surface area contributed by atoms with E-state index in [-0.39, 0.29) is 5.90 Å². The molecule has 0 aliphatic carbocycles. The van der Waals surface area contributed by atoms with Gasteiger partial charge in [0, 0.05) is 6.61 Å². The Kier molecular flexibility index (Phi) is 3.85. The number of aliphatic hydroxyl groups is 2. The number of rotatable bonds is 4. The van der Waals surface area contributed by atoms with Crippen molar-refractivity contribution in [1.82, 2.24) is 0 Å². The second kappa shape index (κ2) is 4.94. The number of hydrogen-bond acceptors (Lipinski definition) is 4. The van der Waals surface area contributed by atoms with E-state index in [0.29, 0.717) is 6.61 Å². The molecule has 2 unspecified atom stereocenters. The average Bonchev–Trinajstić information content (AvgIpc) is 2.10. The lowest BCUT2D eigenvalue weighted by Crippen LogP contribution is -2.38. The van der Waals surface area contributed by atoms with E-state index >= 15 is 0 Å². The zero-order valence-electron chi connectivity index (χ0n) is 7.55. The maximum absolute atomic E-state index is 9.27. The molecule has 2 atom stereocenters. The first-order valence-corrected chi connectivity index (χ1v) is 4.33. The molecule has 74 valence electrons. The van der Waals surface area contributed by atoms with Crippen LogP contribution in [0.5, 0.6) is 0 Å². The minimum atomic E-state index is -1.03. The summed E-state index contributed by atoms with van der Waals surface area (Å²) >= 11 is 0. The van der Waals surface area contributed by atoms with Gasteiger partial charge in [0.05, 0.1) is 0 Å². The van der Waals surface area contributed by atoms with Gasteiger partial charge in [0.2, 0.25) is 5.90 Å². The normalized spacial score (nSPS) is 27.4. The van der Waals surface area contributed by atoms with Crippen LogP contribution in [0.25, 0.3) is 0 Å². The van der Waals surface area contributed by atoms with Crippen LogP contribution in [0, 0.1) is 0 Å². The summed E-state index contributed by atoms with van der Waals surface area (Å²) in [5.41, 5.74) is 0. The Morgan fingerprint density at radius 3 is 3.00 bits per heavy atom. The molecule has 5 heteroatoms. The summed E-state index contributed by atoms with van der Waals surface area (Å²) in [5.74, 6) is -0.210. The van der Waals surface area contributed by atoms with Gasteiger partial charge in [-0.05, 0) is 6.42 Å². The molecule has 0 saturated carbocycles. The summed E-state index contributed by atoms with van der Waals surface area (Å²) < 4.78 is 5.20. The van der Waals surface area contributed by atoms with Crippen molar-refractivity contribution in [2.75, 3.05) is 6.61 Å². The van der Waals surface area contributed by atoms with E-state index in [0.717, 1.165) is 19.2 Å². The van der Waals surface area contributed by atoms with Crippen molar-refractivity contribution in [3.05, 3.63) is 0 Å². The van der Waals surface area contributed by atoms with E-state index in [1.165, 1.54) is 0 Å². The third-order valence-electron chi connectivity index (χ3n) is 1.73. The fraction of sp³-hybridized carbons (Fsp3) is 0.750. The van der Waals surface area contributed by atoms with Gasteiger partial charge < -0.3 is 14.9 Å². The topological polar surface area (TPSA) is 74.4 Å². The second-order valence-corrected chi connectivity index (χ2v) is 2.81. The zero-order valence-corrected chi connectivity index (χ0v) is 7.55. The molecule has 0 bridgehead atoms. The standard InChI is InChI=1S/C8H14N2O3/c1-2-3-4-13-6-7(11)9-5-10-8(6)12/h5-7,11H,2-4H2,1H3,(H,9,10,12). The molecule has 13 heavy (non-hydrogen) atoms. The van der Waals surface area contributed by atoms with E-state index in [9.17, 15) is 10.2 Å². The summed E-state index contributed by atoms with van der Waals surface area (Å²) in [6, 6.07) is 0. The van der Waals surface area contributed by atoms with Crippen LogP contribution in [0.4, 0.5) is 0 Å². The first-order valence-electron chi connectivity index (χ1n) is 4.33. The number of aliphatic hydroxyl groups excluding tert-OH is 2. The predicted molar refractivity (Wildman–Crippen MR) is 49.2 cm³/mol. The van der Waals surface area contributed by atoms with Gasteiger partial charge in [0.15, 0.2) is 12.3 Å². The molecule has 1 rings (SSSR count). The van der Waals surface area contributed by atoms with Crippen LogP contribution in [0.3, 0.4) is 0 Å². The van der Waals surface area contributed by atoms with Crippen molar-refractivity contribution >= 4 is 12.2 Å². The molecule has 1 aliphatic rings. The van der Waals surface area contributed by atoms with E-state index in [1.807, 2.05) is 6.92 Å². The molecule has 5 nitrogen and oxygen atoms in total. The van der Waals surface area contributed by atoms with Crippen molar-refractivity contribution in [2.24, 2.45) is 9.98 Å². The lowest BCUT2D eigenvalue weighted by molar-refractivity contribution is -0.00486. The molecule has 0 aromatic heterocycles. The van der Waals surface area contributed by atoms with Crippen molar-refractivity contribution in [3.8, 4) is 0 Å². The summed E-state index contributed by atoms with van der Waals surface area (Å²) in [4.78, 5) is 7.13. The Morgan fingerprint density at radius 2 is 2.38 bits per heavy atom. The minimum absolute atomic E-state index is 0.210. The van der Waals surface area contributed by atoms with E-state index in [4.69, 9.17) is 4.74 Å². The molecule has 0 radical (unpaired) electrons. The van der Waals surface area contributed by atoms with Crippen LogP contribution in [0.2, 0.25) is 0 Å². The van der Waals surface area contributed by atoms with Gasteiger partial charge in [-0.2, -0.15) is 0 Å². The van der Waals surface area contributed by atoms with Gasteiger partial charge in [0.25, 0.3) is 0 Å². The van der Waals surface area contributed by atoms with Crippen LogP contribution < -0.4 is 0 Å². The molecule has 2 N–H and O–H groups in total. The van der Waals surface area contributed by atoms with Crippen LogP contribution in [0.15, 0.2) is 9.98 Å². The lowest BCUT2D eigenvalue weighted by atomic mass is 10.3. The Morgan fingerprint density at radius 1 is 1.62 bits per heavy atom. The average molecular weight is 186 g/mol. The van der Waals surface area contributed by atoms with E-state index in [1.54, 1.807) is 0 Å². The van der Waals surface area contributed by atoms with Gasteiger partial charge in [-0.1, -0.05) is 13.3 Å². The molecule has 0 spiro atoms. The highest BCUT2D eigenvalue weighted by Crippen LogP contribution is 2.07. The van der Waals surface area contributed by atoms with Gasteiger partial charge in [-0.25, -0.2) is 9.98 Å². The number of nitrogens with zero attached hydrogens (tertiary/aromatic N) is 2. The van der Waals surface area contributed by atoms with Crippen molar-refractivity contribution in [1.29, 1.82) is 0 Å². The summed E-state index contributed by atoms with van der Waals surface area (Å²) in [6.45, 7) is 2.53. The Balaban J connectivity index is 2.39. The highest BCUT2D eigenvalue weighted by Gasteiger charge is 2.26. The molecule has 1 heterocycles. The van der Waals surface area contributed by atoms with Gasteiger partial charge >= 0.3 is 0 Å². The molecule has 0 saturated heterocycles. The quantitative estimate of drug-likeness (QED) is 0.627. The zero-order chi connectivity index (χ0) is 9.68. The summed E-state index contributed by atoms with van der Waals surface area (Å²) in [6.07, 6.45) is 1.19. The highest BCUT2D eigenvalue weighted by molar-refractivity contribution is 5.88. The third kappa shape index (κ3) is 2.78. The summed E-state index contributed by atoms with van der Waals surface area (Å²) in [7, 11) is 0. The third-order valence-corrected chi connectivity index (χ3v) is 1.73. The van der Waals surface area contributed by atoms with E-state index in [2.05, 4.69) is 9.98 Å². The minimum Gasteiger partial charge on any atom is -0.494 e. The molecule has 0 aromatic carbocycles. The number of aliphatic imine (C=N–C) groups is 2. The highest BCUT2D eigenvalue weighted by atomic mass is 16.5. The Hall–Kier alpha value is -0.940. The lowest BCUT2D eigenvalue weighted by Gasteiger charge is -2.20. The van der Waals surface area contributed by atoms with Crippen LogP contribution in [-0.2, 0) is 4.74 Å². The number of hydrogen-bond donors (Lipinski definition) is 2. The number of unbranched alkanes of at least 4 members (excludes halogenated alkanes) is 1. The molecular formula is C8H14N2O3. The molecule has 0 amide bonds. The van der Waals surface area contributed by atoms with Crippen LogP contribution in [-0.4, -0.2) is 41.4 Å². The van der Waals surface area contributed by atoms with Crippen molar-refractivity contribution in [3.63, 3.8) is 0 Å². The van der Waals surface area contributed by atoms with Crippen LogP contribution in [0.1, 0.15) is 19.8 Å². The monoisotopic (exact) mass is 186 g/mol. The fourth-order valence-corrected chi connectivity index (χ4v) is 0.961. The number of ether oxygens (including phenoxy) is 1. The van der Waals surface area contributed by atoms with Gasteiger partial charge in [-0.3, -0.25) is 0 Å². The Labute approximate surface area is 76.8 Å². The molecule has 0 aromatic rings. The largest absolute Gasteiger partial charge is 0.494 e. The first-order chi connectivity index (χ1) is 6.25. The SMILES string of the molecule is CCCCOC1C(O)=NC=NC1O. The van der Waals surface area contributed by atoms with Crippen molar-refractivity contribution in [2.45, 2.75) is 32.1 Å². The molecular weight excluding hydrogens is 172 g/mol. The first kappa shape index (κ1) is 10.1.